The average molecular weight is 485 g/mol. The van der Waals surface area contributed by atoms with Gasteiger partial charge in [0.05, 0.1) is 5.41 Å². The van der Waals surface area contributed by atoms with Crippen molar-refractivity contribution in [3.63, 3.8) is 0 Å². The van der Waals surface area contributed by atoms with Gasteiger partial charge in [-0.15, -0.1) is 0 Å². The summed E-state index contributed by atoms with van der Waals surface area (Å²) in [5.41, 5.74) is 3.99. The Kier molecular flexibility index (Phi) is 4.72. The maximum atomic E-state index is 14.0. The number of ether oxygens (including phenoxy) is 1. The van der Waals surface area contributed by atoms with Crippen LogP contribution in [0.3, 0.4) is 0 Å². The minimum Gasteiger partial charge on any atom is -0.425 e. The van der Waals surface area contributed by atoms with Gasteiger partial charge < -0.3 is 4.74 Å². The van der Waals surface area contributed by atoms with Crippen molar-refractivity contribution in [3.05, 3.63) is 107 Å². The van der Waals surface area contributed by atoms with Crippen molar-refractivity contribution in [1.82, 2.24) is 0 Å². The highest BCUT2D eigenvalue weighted by molar-refractivity contribution is 7.86. The van der Waals surface area contributed by atoms with E-state index in [-0.39, 0.29) is 34.4 Å². The quantitative estimate of drug-likeness (QED) is 0.222. The molecule has 3 aliphatic rings. The van der Waals surface area contributed by atoms with Crippen molar-refractivity contribution >= 4 is 26.9 Å². The van der Waals surface area contributed by atoms with E-state index in [0.29, 0.717) is 10.8 Å². The number of rotatable bonds is 3. The van der Waals surface area contributed by atoms with E-state index in [2.05, 4.69) is 31.2 Å². The van der Waals surface area contributed by atoms with Crippen LogP contribution in [0.25, 0.3) is 10.8 Å². The Bertz CT molecular complexity index is 1580. The Morgan fingerprint density at radius 1 is 0.800 bits per heavy atom. The molecule has 35 heavy (non-hydrogen) atoms. The first-order chi connectivity index (χ1) is 16.7. The Morgan fingerprint density at radius 2 is 1.31 bits per heavy atom. The van der Waals surface area contributed by atoms with Gasteiger partial charge in [0.1, 0.15) is 10.6 Å². The summed E-state index contributed by atoms with van der Waals surface area (Å²) in [5, 5.41) is 0.758. The summed E-state index contributed by atoms with van der Waals surface area (Å²) in [5.74, 6) is -0.189. The van der Waals surface area contributed by atoms with Gasteiger partial charge in [0.25, 0.3) is 10.1 Å². The van der Waals surface area contributed by atoms with Crippen LogP contribution in [0.5, 0.6) is 5.75 Å². The van der Waals surface area contributed by atoms with Gasteiger partial charge in [-0.25, -0.2) is 0 Å². The number of hydrogen-bond donors (Lipinski definition) is 1. The third-order valence-electron chi connectivity index (χ3n) is 8.09. The molecule has 3 aliphatic carbocycles. The lowest BCUT2D eigenvalue weighted by molar-refractivity contribution is -0.150. The number of esters is 1. The molecule has 0 spiro atoms. The van der Waals surface area contributed by atoms with Gasteiger partial charge in [0.2, 0.25) is 0 Å². The monoisotopic (exact) mass is 484 g/mol. The number of hydrogen-bond acceptors (Lipinski definition) is 4. The molecule has 2 bridgehead atoms. The molecule has 2 atom stereocenters. The Labute approximate surface area is 204 Å². The van der Waals surface area contributed by atoms with Crippen LogP contribution in [0.2, 0.25) is 0 Å². The molecule has 4 aromatic carbocycles. The highest BCUT2D eigenvalue weighted by Crippen LogP contribution is 2.64. The topological polar surface area (TPSA) is 80.7 Å². The van der Waals surface area contributed by atoms with Gasteiger partial charge in [0.15, 0.2) is 0 Å². The lowest BCUT2D eigenvalue weighted by Crippen LogP contribution is -2.52. The molecule has 0 amide bonds. The zero-order valence-corrected chi connectivity index (χ0v) is 20.1. The molecule has 6 heteroatoms. The Hall–Kier alpha value is -3.48. The van der Waals surface area contributed by atoms with Crippen LogP contribution in [-0.4, -0.2) is 18.9 Å². The third kappa shape index (κ3) is 3.03. The van der Waals surface area contributed by atoms with E-state index in [0.717, 1.165) is 11.1 Å². The third-order valence-corrected chi connectivity index (χ3v) is 9.01. The van der Waals surface area contributed by atoms with Gasteiger partial charge in [0, 0.05) is 22.6 Å². The first-order valence-corrected chi connectivity index (χ1v) is 13.1. The predicted octanol–water partition coefficient (Wildman–Crippen LogP) is 5.93. The second-order valence-electron chi connectivity index (χ2n) is 9.71. The summed E-state index contributed by atoms with van der Waals surface area (Å²) in [6, 6.07) is 26.1. The first kappa shape index (κ1) is 22.0. The van der Waals surface area contributed by atoms with E-state index in [1.165, 1.54) is 23.3 Å². The normalized spacial score (nSPS) is 24.6. The number of fused-ring (bicyclic) bond motifs is 2. The molecule has 0 radical (unpaired) electrons. The number of benzene rings is 4. The minimum absolute atomic E-state index is 0.0202. The minimum atomic E-state index is -4.43. The van der Waals surface area contributed by atoms with E-state index in [9.17, 15) is 17.8 Å². The van der Waals surface area contributed by atoms with Crippen LogP contribution in [-0.2, 0) is 14.9 Å². The van der Waals surface area contributed by atoms with Gasteiger partial charge in [-0.1, -0.05) is 79.7 Å². The maximum Gasteiger partial charge on any atom is 0.318 e. The Balaban J connectivity index is 1.49. The molecular weight excluding hydrogens is 460 g/mol. The molecular formula is C29H24O5S. The molecule has 1 N–H and O–H groups in total. The average Bonchev–Trinajstić information content (AvgIpc) is 2.85. The highest BCUT2D eigenvalue weighted by atomic mass is 32.2. The first-order valence-electron chi connectivity index (χ1n) is 11.6. The molecule has 176 valence electrons. The van der Waals surface area contributed by atoms with Crippen LogP contribution >= 0.6 is 0 Å². The summed E-state index contributed by atoms with van der Waals surface area (Å²) in [7, 11) is -4.43. The van der Waals surface area contributed by atoms with E-state index in [4.69, 9.17) is 4.74 Å². The van der Waals surface area contributed by atoms with Crippen LogP contribution in [0, 0.1) is 11.3 Å². The van der Waals surface area contributed by atoms with Gasteiger partial charge in [-0.2, -0.15) is 8.42 Å². The standard InChI is InChI=1S/C29H24O5S/c1-17-26-20-11-5-7-13-22(20)27(23-14-8-6-12-21(23)26)29(17,2)28(30)34-24-15-16-25(35(31,32)33)19-10-4-3-9-18(19)24/h3-17,26-27H,1-2H3,(H,31,32,33). The fourth-order valence-corrected chi connectivity index (χ4v) is 7.01. The molecule has 2 unspecified atom stereocenters. The summed E-state index contributed by atoms with van der Waals surface area (Å²) >= 11 is 0. The summed E-state index contributed by atoms with van der Waals surface area (Å²) in [4.78, 5) is 13.8. The highest BCUT2D eigenvalue weighted by Gasteiger charge is 2.59. The zero-order valence-electron chi connectivity index (χ0n) is 19.3. The van der Waals surface area contributed by atoms with Crippen LogP contribution in [0.15, 0.2) is 89.8 Å². The summed E-state index contributed by atoms with van der Waals surface area (Å²) in [6.07, 6.45) is 0. The van der Waals surface area contributed by atoms with E-state index in [1.54, 1.807) is 24.3 Å². The van der Waals surface area contributed by atoms with E-state index >= 15 is 0 Å². The van der Waals surface area contributed by atoms with Crippen LogP contribution < -0.4 is 4.74 Å². The molecule has 4 aromatic rings. The van der Waals surface area contributed by atoms with Crippen LogP contribution in [0.1, 0.15) is 47.9 Å². The molecule has 0 aromatic heterocycles. The van der Waals surface area contributed by atoms with Crippen molar-refractivity contribution in [2.75, 3.05) is 0 Å². The number of carbonyl (C=O) groups is 1. The van der Waals surface area contributed by atoms with Crippen molar-refractivity contribution in [3.8, 4) is 5.75 Å². The SMILES string of the molecule is CC1C2c3ccccc3C(c3ccccc32)C1(C)C(=O)Oc1ccc(S(=O)(=O)O)c2ccccc12. The molecule has 0 heterocycles. The molecule has 0 saturated heterocycles. The van der Waals surface area contributed by atoms with Gasteiger partial charge >= 0.3 is 5.97 Å². The molecule has 0 saturated carbocycles. The van der Waals surface area contributed by atoms with Gasteiger partial charge in [-0.05, 0) is 47.2 Å². The van der Waals surface area contributed by atoms with Gasteiger partial charge in [-0.3, -0.25) is 9.35 Å². The predicted molar refractivity (Wildman–Crippen MR) is 133 cm³/mol. The smallest absolute Gasteiger partial charge is 0.318 e. The van der Waals surface area contributed by atoms with Crippen LogP contribution in [0.4, 0.5) is 0 Å². The van der Waals surface area contributed by atoms with Crippen molar-refractivity contribution in [2.45, 2.75) is 30.6 Å². The van der Waals surface area contributed by atoms with Crippen molar-refractivity contribution < 1.29 is 22.5 Å². The fourth-order valence-electron chi connectivity index (χ4n) is 6.31. The maximum absolute atomic E-state index is 14.0. The zero-order chi connectivity index (χ0) is 24.5. The van der Waals surface area contributed by atoms with Crippen molar-refractivity contribution in [2.24, 2.45) is 11.3 Å². The number of carbonyl (C=O) groups excluding carboxylic acids is 1. The van der Waals surface area contributed by atoms with E-state index < -0.39 is 15.5 Å². The molecule has 7 rings (SSSR count). The van der Waals surface area contributed by atoms with Crippen molar-refractivity contribution in [1.29, 1.82) is 0 Å². The lowest BCUT2D eigenvalue weighted by Gasteiger charge is -2.54. The molecule has 5 nitrogen and oxygen atoms in total. The second kappa shape index (κ2) is 7.51. The van der Waals surface area contributed by atoms with E-state index in [1.807, 2.05) is 31.2 Å². The fraction of sp³-hybridized carbons (Fsp3) is 0.207. The second-order valence-corrected chi connectivity index (χ2v) is 11.1. The Morgan fingerprint density at radius 3 is 1.89 bits per heavy atom. The molecule has 0 aliphatic heterocycles. The largest absolute Gasteiger partial charge is 0.425 e. The lowest BCUT2D eigenvalue weighted by atomic mass is 9.48. The summed E-state index contributed by atoms with van der Waals surface area (Å²) in [6.45, 7) is 4.10. The molecule has 0 fully saturated rings. The summed E-state index contributed by atoms with van der Waals surface area (Å²) < 4.78 is 39.5.